The minimum absolute atomic E-state index is 0.0566. The van der Waals surface area contributed by atoms with Crippen molar-refractivity contribution in [1.29, 1.82) is 0 Å². The van der Waals surface area contributed by atoms with Crippen molar-refractivity contribution >= 4 is 35.1 Å². The van der Waals surface area contributed by atoms with Crippen LogP contribution in [0.25, 0.3) is 6.08 Å². The van der Waals surface area contributed by atoms with Crippen molar-refractivity contribution < 1.29 is 9.59 Å². The van der Waals surface area contributed by atoms with Gasteiger partial charge in [-0.05, 0) is 29.9 Å². The van der Waals surface area contributed by atoms with E-state index in [0.717, 1.165) is 5.56 Å². The van der Waals surface area contributed by atoms with Crippen LogP contribution in [0.4, 0.5) is 0 Å². The van der Waals surface area contributed by atoms with E-state index in [0.29, 0.717) is 5.71 Å². The molecule has 0 aliphatic heterocycles. The van der Waals surface area contributed by atoms with Gasteiger partial charge in [0.25, 0.3) is 5.91 Å². The number of aliphatic imine (C=N–C) groups is 1. The summed E-state index contributed by atoms with van der Waals surface area (Å²) in [4.78, 5) is 26.5. The van der Waals surface area contributed by atoms with Gasteiger partial charge < -0.3 is 0 Å². The van der Waals surface area contributed by atoms with Crippen molar-refractivity contribution in [3.63, 3.8) is 0 Å². The summed E-state index contributed by atoms with van der Waals surface area (Å²) in [5.41, 5.74) is 1.28. The van der Waals surface area contributed by atoms with Crippen LogP contribution < -0.4 is 0 Å². The second-order valence-electron chi connectivity index (χ2n) is 3.81. The Balaban J connectivity index is 2.08. The average molecular weight is 272 g/mol. The second-order valence-corrected chi connectivity index (χ2v) is 4.22. The van der Waals surface area contributed by atoms with Crippen molar-refractivity contribution in [2.75, 3.05) is 0 Å². The Morgan fingerprint density at radius 1 is 1.16 bits per heavy atom. The van der Waals surface area contributed by atoms with Gasteiger partial charge in [-0.2, -0.15) is 0 Å². The van der Waals surface area contributed by atoms with Gasteiger partial charge in [0.05, 0.1) is 10.7 Å². The van der Waals surface area contributed by atoms with Gasteiger partial charge in [0, 0.05) is 6.08 Å². The molecule has 0 saturated heterocycles. The number of rotatable bonds is 2. The molecule has 1 aromatic rings. The minimum Gasteiger partial charge on any atom is -0.288 e. The fraction of sp³-hybridized carbons (Fsp3) is 0. The third-order valence-electron chi connectivity index (χ3n) is 2.37. The number of amides is 1. The highest BCUT2D eigenvalue weighted by molar-refractivity contribution is 6.47. The van der Waals surface area contributed by atoms with E-state index in [1.54, 1.807) is 6.08 Å². The van der Waals surface area contributed by atoms with E-state index in [1.165, 1.54) is 24.3 Å². The Morgan fingerprint density at radius 3 is 2.58 bits per heavy atom. The summed E-state index contributed by atoms with van der Waals surface area (Å²) in [5.74, 6) is -0.688. The van der Waals surface area contributed by atoms with Crippen LogP contribution in [0.3, 0.4) is 0 Å². The Morgan fingerprint density at radius 2 is 1.89 bits per heavy atom. The molecule has 1 amide bonds. The molecule has 0 bridgehead atoms. The zero-order chi connectivity index (χ0) is 13.7. The quantitative estimate of drug-likeness (QED) is 0.613. The lowest BCUT2D eigenvalue weighted by Crippen LogP contribution is -2.05. The molecule has 19 heavy (non-hydrogen) atoms. The molecule has 0 unspecified atom stereocenters. The SMILES string of the molecule is O=C(C=Cc1ccccc1)N=C1C=CC(=O)C(Cl)=C1. The van der Waals surface area contributed by atoms with Crippen molar-refractivity contribution in [3.05, 3.63) is 65.2 Å². The molecule has 0 fully saturated rings. The highest BCUT2D eigenvalue weighted by atomic mass is 35.5. The molecular formula is C15H10ClNO2. The number of benzene rings is 1. The standard InChI is InChI=1S/C15H10ClNO2/c16-13-10-12(7-8-14(13)18)17-15(19)9-6-11-4-2-1-3-5-11/h1-10H. The summed E-state index contributed by atoms with van der Waals surface area (Å²) in [6.45, 7) is 0. The zero-order valence-corrected chi connectivity index (χ0v) is 10.7. The highest BCUT2D eigenvalue weighted by Crippen LogP contribution is 2.10. The summed E-state index contributed by atoms with van der Waals surface area (Å²) in [6.07, 6.45) is 7.17. The van der Waals surface area contributed by atoms with Gasteiger partial charge in [-0.25, -0.2) is 4.99 Å². The molecule has 0 heterocycles. The number of allylic oxidation sites excluding steroid dienone is 4. The third kappa shape index (κ3) is 3.86. The molecule has 0 N–H and O–H groups in total. The molecule has 0 spiro atoms. The first-order chi connectivity index (χ1) is 9.15. The average Bonchev–Trinajstić information content (AvgIpc) is 2.42. The highest BCUT2D eigenvalue weighted by Gasteiger charge is 2.09. The van der Waals surface area contributed by atoms with Crippen LogP contribution in [0.15, 0.2) is 64.7 Å². The first-order valence-electron chi connectivity index (χ1n) is 5.60. The molecule has 3 nitrogen and oxygen atoms in total. The molecule has 0 radical (unpaired) electrons. The Labute approximate surface area is 115 Å². The van der Waals surface area contributed by atoms with E-state index in [-0.39, 0.29) is 10.8 Å². The number of nitrogens with zero attached hydrogens (tertiary/aromatic N) is 1. The molecule has 0 saturated carbocycles. The number of hydrogen-bond acceptors (Lipinski definition) is 2. The largest absolute Gasteiger partial charge is 0.288 e. The lowest BCUT2D eigenvalue weighted by atomic mass is 10.1. The van der Waals surface area contributed by atoms with Crippen LogP contribution in [-0.2, 0) is 9.59 Å². The Bertz CT molecular complexity index is 625. The molecule has 0 atom stereocenters. The smallest absolute Gasteiger partial charge is 0.270 e. The first-order valence-corrected chi connectivity index (χ1v) is 5.98. The fourth-order valence-corrected chi connectivity index (χ4v) is 1.63. The summed E-state index contributed by atoms with van der Waals surface area (Å²) >= 11 is 5.67. The van der Waals surface area contributed by atoms with Crippen LogP contribution in [0.1, 0.15) is 5.56 Å². The molecule has 2 rings (SSSR count). The van der Waals surface area contributed by atoms with Crippen LogP contribution in [0.2, 0.25) is 0 Å². The maximum absolute atomic E-state index is 11.6. The first kappa shape index (κ1) is 13.2. The third-order valence-corrected chi connectivity index (χ3v) is 2.67. The summed E-state index contributed by atoms with van der Waals surface area (Å²) < 4.78 is 0. The number of ketones is 1. The topological polar surface area (TPSA) is 46.5 Å². The van der Waals surface area contributed by atoms with Crippen molar-refractivity contribution in [1.82, 2.24) is 0 Å². The Hall–Kier alpha value is -2.26. The summed E-state index contributed by atoms with van der Waals surface area (Å²) in [6, 6.07) is 9.43. The second kappa shape index (κ2) is 6.07. The van der Waals surface area contributed by atoms with Gasteiger partial charge in [0.1, 0.15) is 0 Å². The van der Waals surface area contributed by atoms with E-state index < -0.39 is 5.91 Å². The molecule has 1 aliphatic carbocycles. The van der Waals surface area contributed by atoms with Gasteiger partial charge in [-0.15, -0.1) is 0 Å². The van der Waals surface area contributed by atoms with Crippen molar-refractivity contribution in [2.45, 2.75) is 0 Å². The lowest BCUT2D eigenvalue weighted by Gasteiger charge is -2.00. The normalized spacial score (nSPS) is 17.0. The van der Waals surface area contributed by atoms with Crippen LogP contribution in [0.5, 0.6) is 0 Å². The number of halogens is 1. The van der Waals surface area contributed by atoms with Gasteiger partial charge in [0.2, 0.25) is 0 Å². The number of hydrogen-bond donors (Lipinski definition) is 0. The number of carbonyl (C=O) groups is 2. The fourth-order valence-electron chi connectivity index (χ4n) is 1.46. The van der Waals surface area contributed by atoms with E-state index in [1.807, 2.05) is 30.3 Å². The van der Waals surface area contributed by atoms with Crippen molar-refractivity contribution in [2.24, 2.45) is 4.99 Å². The maximum atomic E-state index is 11.6. The predicted octanol–water partition coefficient (Wildman–Crippen LogP) is 2.93. The molecule has 1 aromatic carbocycles. The van der Waals surface area contributed by atoms with E-state index in [9.17, 15) is 9.59 Å². The molecule has 0 aromatic heterocycles. The van der Waals surface area contributed by atoms with Gasteiger partial charge >= 0.3 is 0 Å². The summed E-state index contributed by atoms with van der Waals surface area (Å²) in [7, 11) is 0. The molecule has 94 valence electrons. The van der Waals surface area contributed by atoms with Gasteiger partial charge in [-0.3, -0.25) is 9.59 Å². The monoisotopic (exact) mass is 271 g/mol. The van der Waals surface area contributed by atoms with Crippen molar-refractivity contribution in [3.8, 4) is 0 Å². The molecular weight excluding hydrogens is 262 g/mol. The van der Waals surface area contributed by atoms with Crippen LogP contribution >= 0.6 is 11.6 Å². The molecule has 1 aliphatic rings. The number of carbonyl (C=O) groups excluding carboxylic acids is 2. The van der Waals surface area contributed by atoms with Crippen LogP contribution in [0, 0.1) is 0 Å². The maximum Gasteiger partial charge on any atom is 0.270 e. The van der Waals surface area contributed by atoms with E-state index in [4.69, 9.17) is 11.6 Å². The molecule has 4 heteroatoms. The van der Waals surface area contributed by atoms with E-state index >= 15 is 0 Å². The Kier molecular flexibility index (Phi) is 4.21. The van der Waals surface area contributed by atoms with Gasteiger partial charge in [-0.1, -0.05) is 41.9 Å². The van der Waals surface area contributed by atoms with E-state index in [2.05, 4.69) is 4.99 Å². The minimum atomic E-state index is -0.404. The predicted molar refractivity (Wildman–Crippen MR) is 76.0 cm³/mol. The van der Waals surface area contributed by atoms with Gasteiger partial charge in [0.15, 0.2) is 5.78 Å². The lowest BCUT2D eigenvalue weighted by molar-refractivity contribution is -0.113. The van der Waals surface area contributed by atoms with Crippen LogP contribution in [-0.4, -0.2) is 17.4 Å². The zero-order valence-electron chi connectivity index (χ0n) is 9.92. The summed E-state index contributed by atoms with van der Waals surface area (Å²) in [5, 5.41) is 0.0566.